The average molecular weight is 375 g/mol. The summed E-state index contributed by atoms with van der Waals surface area (Å²) in [6.45, 7) is 1.97. The molecule has 0 spiro atoms. The van der Waals surface area contributed by atoms with Gasteiger partial charge in [-0.1, -0.05) is 31.9 Å². The minimum Gasteiger partial charge on any atom is -0.481 e. The number of carbonyl (C=O) groups excluding carboxylic acids is 1. The van der Waals surface area contributed by atoms with Gasteiger partial charge >= 0.3 is 0 Å². The van der Waals surface area contributed by atoms with Crippen molar-refractivity contribution in [2.75, 3.05) is 0 Å². The Morgan fingerprint density at radius 1 is 1.11 bits per heavy atom. The van der Waals surface area contributed by atoms with Gasteiger partial charge in [0.05, 0.1) is 22.9 Å². The maximum atomic E-state index is 12.5. The predicted molar refractivity (Wildman–Crippen MR) is 110 cm³/mol. The third-order valence-corrected chi connectivity index (χ3v) is 5.24. The summed E-state index contributed by atoms with van der Waals surface area (Å²) in [5.41, 5.74) is 3.53. The molecule has 1 heterocycles. The summed E-state index contributed by atoms with van der Waals surface area (Å²) in [6, 6.07) is 15.8. The minimum absolute atomic E-state index is 0.0149. The summed E-state index contributed by atoms with van der Waals surface area (Å²) in [4.78, 5) is 21.6. The van der Waals surface area contributed by atoms with E-state index < -0.39 is 6.10 Å². The third-order valence-electron chi connectivity index (χ3n) is 5.24. The lowest BCUT2D eigenvalue weighted by Crippen LogP contribution is -2.42. The van der Waals surface area contributed by atoms with E-state index in [1.54, 1.807) is 6.20 Å². The number of nitrogens with one attached hydrogen (secondary N) is 1. The first-order chi connectivity index (χ1) is 13.7. The lowest BCUT2D eigenvalue weighted by molar-refractivity contribution is -0.128. The van der Waals surface area contributed by atoms with Crippen LogP contribution in [0.4, 0.5) is 0 Å². The molecule has 1 aromatic heterocycles. The molecular formula is C23H25N3O2. The highest BCUT2D eigenvalue weighted by Crippen LogP contribution is 2.23. The van der Waals surface area contributed by atoms with Crippen LogP contribution in [-0.2, 0) is 4.79 Å². The van der Waals surface area contributed by atoms with Crippen molar-refractivity contribution in [3.8, 4) is 17.0 Å². The number of hydrogen-bond acceptors (Lipinski definition) is 4. The molecule has 5 nitrogen and oxygen atoms in total. The molecular weight excluding hydrogens is 350 g/mol. The first-order valence-electron chi connectivity index (χ1n) is 10.0. The molecule has 0 bridgehead atoms. The number of ether oxygens (including phenoxy) is 1. The first kappa shape index (κ1) is 18.4. The lowest BCUT2D eigenvalue weighted by atomic mass is 10.1. The van der Waals surface area contributed by atoms with Crippen molar-refractivity contribution in [1.29, 1.82) is 0 Å². The van der Waals surface area contributed by atoms with Gasteiger partial charge < -0.3 is 10.1 Å². The van der Waals surface area contributed by atoms with Gasteiger partial charge in [-0.3, -0.25) is 9.78 Å². The SMILES string of the molecule is CC[C@@H](Oc1ccc(-c2cnc3ccccc3n2)cc1)C(=O)NC1CCCC1. The van der Waals surface area contributed by atoms with Crippen LogP contribution in [0.3, 0.4) is 0 Å². The normalized spacial score (nSPS) is 15.5. The smallest absolute Gasteiger partial charge is 0.261 e. The molecule has 1 saturated carbocycles. The molecule has 1 aliphatic rings. The van der Waals surface area contributed by atoms with Crippen LogP contribution in [0, 0.1) is 0 Å². The van der Waals surface area contributed by atoms with E-state index in [2.05, 4.69) is 15.3 Å². The Morgan fingerprint density at radius 3 is 2.54 bits per heavy atom. The standard InChI is InChI=1S/C23H25N3O2/c1-2-22(23(27)25-17-7-3-4-8-17)28-18-13-11-16(12-14-18)21-15-24-19-9-5-6-10-20(19)26-21/h5-6,9-15,17,22H,2-4,7-8H2,1H3,(H,25,27)/t22-/m1/s1. The molecule has 1 N–H and O–H groups in total. The van der Waals surface area contributed by atoms with E-state index in [4.69, 9.17) is 4.74 Å². The van der Waals surface area contributed by atoms with Gasteiger partial charge in [-0.05, 0) is 55.7 Å². The molecule has 1 aliphatic carbocycles. The maximum absolute atomic E-state index is 12.5. The lowest BCUT2D eigenvalue weighted by Gasteiger charge is -2.20. The Kier molecular flexibility index (Phi) is 5.51. The van der Waals surface area contributed by atoms with Crippen molar-refractivity contribution in [2.45, 2.75) is 51.2 Å². The second-order valence-electron chi connectivity index (χ2n) is 7.27. The van der Waals surface area contributed by atoms with Gasteiger partial charge in [0, 0.05) is 11.6 Å². The van der Waals surface area contributed by atoms with Gasteiger partial charge in [-0.25, -0.2) is 4.98 Å². The zero-order valence-electron chi connectivity index (χ0n) is 16.1. The highest BCUT2D eigenvalue weighted by molar-refractivity contribution is 5.81. The maximum Gasteiger partial charge on any atom is 0.261 e. The molecule has 5 heteroatoms. The number of hydrogen-bond donors (Lipinski definition) is 1. The Bertz CT molecular complexity index is 949. The molecule has 0 unspecified atom stereocenters. The number of benzene rings is 2. The van der Waals surface area contributed by atoms with E-state index in [1.165, 1.54) is 12.8 Å². The summed E-state index contributed by atoms with van der Waals surface area (Å²) >= 11 is 0. The molecule has 0 radical (unpaired) electrons. The largest absolute Gasteiger partial charge is 0.481 e. The fourth-order valence-electron chi connectivity index (χ4n) is 3.65. The predicted octanol–water partition coefficient (Wildman–Crippen LogP) is 4.51. The molecule has 28 heavy (non-hydrogen) atoms. The highest BCUT2D eigenvalue weighted by atomic mass is 16.5. The van der Waals surface area contributed by atoms with Crippen LogP contribution < -0.4 is 10.1 Å². The van der Waals surface area contributed by atoms with Gasteiger partial charge in [0.2, 0.25) is 0 Å². The summed E-state index contributed by atoms with van der Waals surface area (Å²) < 4.78 is 5.95. The summed E-state index contributed by atoms with van der Waals surface area (Å²) in [5.74, 6) is 0.671. The topological polar surface area (TPSA) is 64.1 Å². The quantitative estimate of drug-likeness (QED) is 0.688. The van der Waals surface area contributed by atoms with Crippen LogP contribution in [0.2, 0.25) is 0 Å². The van der Waals surface area contributed by atoms with Crippen LogP contribution in [0.1, 0.15) is 39.0 Å². The minimum atomic E-state index is -0.466. The number of carbonyl (C=O) groups is 1. The van der Waals surface area contributed by atoms with E-state index in [-0.39, 0.29) is 5.91 Å². The van der Waals surface area contributed by atoms with E-state index in [9.17, 15) is 4.79 Å². The van der Waals surface area contributed by atoms with Crippen molar-refractivity contribution in [2.24, 2.45) is 0 Å². The Labute approximate surface area is 165 Å². The summed E-state index contributed by atoms with van der Waals surface area (Å²) in [7, 11) is 0. The van der Waals surface area contributed by atoms with E-state index in [0.29, 0.717) is 18.2 Å². The van der Waals surface area contributed by atoms with Crippen LogP contribution >= 0.6 is 0 Å². The Balaban J connectivity index is 1.44. The number of fused-ring (bicyclic) bond motifs is 1. The van der Waals surface area contributed by atoms with Crippen molar-refractivity contribution < 1.29 is 9.53 Å². The molecule has 1 amide bonds. The van der Waals surface area contributed by atoms with Crippen molar-refractivity contribution in [3.05, 3.63) is 54.7 Å². The van der Waals surface area contributed by atoms with Gasteiger partial charge in [0.25, 0.3) is 5.91 Å². The van der Waals surface area contributed by atoms with Crippen LogP contribution in [-0.4, -0.2) is 28.0 Å². The number of aromatic nitrogens is 2. The second kappa shape index (κ2) is 8.38. The summed E-state index contributed by atoms with van der Waals surface area (Å²) in [5, 5.41) is 3.12. The Morgan fingerprint density at radius 2 is 1.82 bits per heavy atom. The molecule has 1 atom stereocenters. The number of rotatable bonds is 6. The van der Waals surface area contributed by atoms with Crippen molar-refractivity contribution in [3.63, 3.8) is 0 Å². The van der Waals surface area contributed by atoms with Gasteiger partial charge in [0.1, 0.15) is 5.75 Å². The molecule has 4 rings (SSSR count). The monoisotopic (exact) mass is 375 g/mol. The van der Waals surface area contributed by atoms with Crippen LogP contribution in [0.25, 0.3) is 22.3 Å². The van der Waals surface area contributed by atoms with Crippen LogP contribution in [0.5, 0.6) is 5.75 Å². The molecule has 0 aliphatic heterocycles. The van der Waals surface area contributed by atoms with Crippen LogP contribution in [0.15, 0.2) is 54.7 Å². The average Bonchev–Trinajstić information content (AvgIpc) is 3.25. The highest BCUT2D eigenvalue weighted by Gasteiger charge is 2.23. The van der Waals surface area contributed by atoms with E-state index in [0.717, 1.165) is 35.1 Å². The Hall–Kier alpha value is -2.95. The van der Waals surface area contributed by atoms with Gasteiger partial charge in [-0.2, -0.15) is 0 Å². The van der Waals surface area contributed by atoms with E-state index >= 15 is 0 Å². The number of amides is 1. The zero-order valence-corrected chi connectivity index (χ0v) is 16.1. The molecule has 3 aromatic rings. The van der Waals surface area contributed by atoms with Gasteiger partial charge in [0.15, 0.2) is 6.10 Å². The molecule has 2 aromatic carbocycles. The number of nitrogens with zero attached hydrogens (tertiary/aromatic N) is 2. The first-order valence-corrected chi connectivity index (χ1v) is 10.0. The van der Waals surface area contributed by atoms with Crippen molar-refractivity contribution >= 4 is 16.9 Å². The number of para-hydroxylation sites is 2. The van der Waals surface area contributed by atoms with E-state index in [1.807, 2.05) is 55.5 Å². The second-order valence-corrected chi connectivity index (χ2v) is 7.27. The third kappa shape index (κ3) is 4.14. The molecule has 0 saturated heterocycles. The van der Waals surface area contributed by atoms with Crippen molar-refractivity contribution in [1.82, 2.24) is 15.3 Å². The molecule has 144 valence electrons. The molecule has 1 fully saturated rings. The summed E-state index contributed by atoms with van der Waals surface area (Å²) in [6.07, 6.45) is 6.49. The zero-order chi connectivity index (χ0) is 19.3. The fraction of sp³-hybridized carbons (Fsp3) is 0.348. The fourth-order valence-corrected chi connectivity index (χ4v) is 3.65. The van der Waals surface area contributed by atoms with Gasteiger partial charge in [-0.15, -0.1) is 0 Å².